The van der Waals surface area contributed by atoms with Crippen LogP contribution in [0.3, 0.4) is 0 Å². The Morgan fingerprint density at radius 2 is 1.25 bits per heavy atom. The zero-order valence-electron chi connectivity index (χ0n) is 33.9. The van der Waals surface area contributed by atoms with Crippen molar-refractivity contribution in [1.29, 1.82) is 0 Å². The van der Waals surface area contributed by atoms with E-state index in [2.05, 4.69) is 0 Å². The van der Waals surface area contributed by atoms with Gasteiger partial charge in [0.2, 0.25) is 18.3 Å². The van der Waals surface area contributed by atoms with Crippen LogP contribution in [0.25, 0.3) is 28.4 Å². The van der Waals surface area contributed by atoms with Crippen molar-refractivity contribution in [2.24, 2.45) is 0 Å². The fraction of sp³-hybridized carbons (Fsp3) is 0.429. The third-order valence-electron chi connectivity index (χ3n) is 10.9. The van der Waals surface area contributed by atoms with Crippen molar-refractivity contribution in [1.82, 2.24) is 0 Å². The summed E-state index contributed by atoms with van der Waals surface area (Å²) in [5.74, 6) is -5.06. The van der Waals surface area contributed by atoms with Crippen molar-refractivity contribution in [2.45, 2.75) is 99.0 Å². The van der Waals surface area contributed by atoms with Gasteiger partial charge >= 0.3 is 17.3 Å². The van der Waals surface area contributed by atoms with Crippen molar-refractivity contribution in [3.05, 3.63) is 66.2 Å². The van der Waals surface area contributed by atoms with Crippen LogP contribution in [0.15, 0.2) is 65.1 Å². The molecule has 14 N–H and O–H groups in total. The lowest BCUT2D eigenvalue weighted by Crippen LogP contribution is -2.62. The van der Waals surface area contributed by atoms with Crippen LogP contribution in [0.1, 0.15) is 12.5 Å². The first kappa shape index (κ1) is 47.3. The first-order valence-corrected chi connectivity index (χ1v) is 19.9. The maximum atomic E-state index is 12.6. The van der Waals surface area contributed by atoms with Gasteiger partial charge in [-0.05, 0) is 30.7 Å². The Hall–Kier alpha value is -5.64. The summed E-state index contributed by atoms with van der Waals surface area (Å²) in [4.78, 5) is 12.6. The summed E-state index contributed by atoms with van der Waals surface area (Å²) in [6, 6.07) is 11.1. The van der Waals surface area contributed by atoms with E-state index in [0.29, 0.717) is 5.56 Å². The molecule has 65 heavy (non-hydrogen) atoms. The Balaban J connectivity index is 1.12. The van der Waals surface area contributed by atoms with E-state index in [9.17, 15) is 76.3 Å². The first-order chi connectivity index (χ1) is 30.8. The molecule has 7 rings (SSSR count). The minimum absolute atomic E-state index is 0.0194. The maximum Gasteiger partial charge on any atom is 0.402 e. The quantitative estimate of drug-likeness (QED) is 0.0329. The number of rotatable bonds is 12. The first-order valence-electron chi connectivity index (χ1n) is 19.9. The van der Waals surface area contributed by atoms with Gasteiger partial charge < -0.3 is 105 Å². The molecule has 0 radical (unpaired) electrons. The Morgan fingerprint density at radius 1 is 0.662 bits per heavy atom. The molecule has 23 heteroatoms. The SMILES string of the molecule is C[C@@H]1O[C@@H](OC[C@H]2O[C@@H](Oc3cc4c(O[C@@H]5O[C@H](CO)[C@@H](O)[C@H](O)[C@H]5O)cc(O)cc4[o+]c3-c3cc(O)c(O)c(O)c3)[C@H](O)[C@@H](O)[C@@H]2O)[C@H](O)[C@H](O)[C@H]1OC(=O)C=Cc1ccc(O)cc1. The molecule has 0 aliphatic carbocycles. The number of fused-ring (bicyclic) bond motifs is 1. The van der Waals surface area contributed by atoms with Crippen molar-refractivity contribution >= 4 is 23.0 Å². The van der Waals surface area contributed by atoms with Crippen LogP contribution in [-0.4, -0.2) is 183 Å². The number of phenolic OH excluding ortho intramolecular Hbond substituents is 5. The van der Waals surface area contributed by atoms with Gasteiger partial charge in [0, 0.05) is 30.3 Å². The normalized spacial score (nSPS) is 32.9. The fourth-order valence-corrected chi connectivity index (χ4v) is 7.28. The van der Waals surface area contributed by atoms with Gasteiger partial charge in [-0.2, -0.15) is 0 Å². The second-order valence-electron chi connectivity index (χ2n) is 15.5. The minimum Gasteiger partial charge on any atom is -0.508 e. The molecule has 3 aromatic carbocycles. The molecule has 0 amide bonds. The highest BCUT2D eigenvalue weighted by Crippen LogP contribution is 2.45. The molecule has 4 aromatic rings. The average molecular weight is 920 g/mol. The number of ether oxygens (including phenoxy) is 7. The lowest BCUT2D eigenvalue weighted by molar-refractivity contribution is -0.319. The van der Waals surface area contributed by atoms with Gasteiger partial charge in [0.1, 0.15) is 83.7 Å². The lowest BCUT2D eigenvalue weighted by atomic mass is 9.98. The predicted molar refractivity (Wildman–Crippen MR) is 214 cm³/mol. The van der Waals surface area contributed by atoms with Gasteiger partial charge in [0.05, 0.1) is 30.9 Å². The van der Waals surface area contributed by atoms with Crippen molar-refractivity contribution in [3.63, 3.8) is 0 Å². The number of benzene rings is 3. The number of aliphatic hydroxyl groups is 9. The van der Waals surface area contributed by atoms with Gasteiger partial charge in [-0.1, -0.05) is 12.1 Å². The molecule has 4 heterocycles. The molecule has 0 saturated carbocycles. The standard InChI is InChI=1S/C42H46O23/c1-15-38(65-28(48)7-4-16-2-5-18(44)6-3-16)34(54)37(57)40(59-15)58-14-27-31(51)33(53)36(56)42(64-27)62-25-12-20-23(60-39(25)17-8-21(46)29(49)22(47)9-17)10-19(45)11-24(20)61-41-35(55)32(52)30(50)26(13-43)63-41/h2-12,15,26-27,30-38,40-43,50-57H,13-14H2,1H3,(H4-,44,45,46,47,48,49)/p+1/t15-,26+,27+,30+,31+,32-,33-,34-,35+,36+,37+,38-,40+,41+,42+/m0/s1. The van der Waals surface area contributed by atoms with E-state index in [1.807, 2.05) is 0 Å². The average Bonchev–Trinajstić information content (AvgIpc) is 3.27. The van der Waals surface area contributed by atoms with Crippen molar-refractivity contribution in [2.75, 3.05) is 13.2 Å². The summed E-state index contributed by atoms with van der Waals surface area (Å²) in [6.07, 6.45) is -23.3. The number of esters is 1. The van der Waals surface area contributed by atoms with Crippen LogP contribution in [0.4, 0.5) is 0 Å². The predicted octanol–water partition coefficient (Wildman–Crippen LogP) is -1.62. The van der Waals surface area contributed by atoms with Crippen LogP contribution >= 0.6 is 0 Å². The third-order valence-corrected chi connectivity index (χ3v) is 10.9. The van der Waals surface area contributed by atoms with Crippen LogP contribution < -0.4 is 9.47 Å². The number of aliphatic hydroxyl groups excluding tert-OH is 9. The zero-order chi connectivity index (χ0) is 47.0. The van der Waals surface area contributed by atoms with Crippen molar-refractivity contribution in [3.8, 4) is 51.6 Å². The Labute approximate surface area is 366 Å². The maximum absolute atomic E-state index is 12.6. The highest BCUT2D eigenvalue weighted by atomic mass is 16.7. The number of carbonyl (C=O) groups is 1. The number of phenols is 5. The smallest absolute Gasteiger partial charge is 0.402 e. The van der Waals surface area contributed by atoms with E-state index >= 15 is 0 Å². The molecule has 15 atom stereocenters. The highest BCUT2D eigenvalue weighted by molar-refractivity contribution is 5.89. The molecular formula is C42H47O23+. The number of hydrogen-bond donors (Lipinski definition) is 14. The molecule has 3 fully saturated rings. The molecule has 3 saturated heterocycles. The number of hydrogen-bond acceptors (Lipinski definition) is 22. The zero-order valence-corrected chi connectivity index (χ0v) is 33.9. The Kier molecular flexibility index (Phi) is 14.2. The molecular weight excluding hydrogens is 872 g/mol. The summed E-state index contributed by atoms with van der Waals surface area (Å²) in [7, 11) is 0. The van der Waals surface area contributed by atoms with Crippen LogP contribution in [0, 0.1) is 0 Å². The van der Waals surface area contributed by atoms with E-state index < -0.39 is 140 Å². The molecule has 3 aliphatic heterocycles. The second kappa shape index (κ2) is 19.4. The Bertz CT molecular complexity index is 2320. The second-order valence-corrected chi connectivity index (χ2v) is 15.5. The minimum atomic E-state index is -2.03. The van der Waals surface area contributed by atoms with Gasteiger partial charge in [-0.25, -0.2) is 9.21 Å². The van der Waals surface area contributed by atoms with Gasteiger partial charge in [-0.3, -0.25) is 0 Å². The summed E-state index contributed by atoms with van der Waals surface area (Å²) in [5.41, 5.74) is 0.157. The van der Waals surface area contributed by atoms with Crippen LogP contribution in [0.2, 0.25) is 0 Å². The molecule has 352 valence electrons. The van der Waals surface area contributed by atoms with E-state index in [0.717, 1.165) is 36.4 Å². The largest absolute Gasteiger partial charge is 0.508 e. The summed E-state index contributed by atoms with van der Waals surface area (Å²) >= 11 is 0. The Morgan fingerprint density at radius 3 is 1.88 bits per heavy atom. The molecule has 0 bridgehead atoms. The topological polar surface area (TPSA) is 376 Å². The number of aromatic hydroxyl groups is 5. The van der Waals surface area contributed by atoms with E-state index in [-0.39, 0.29) is 33.8 Å². The van der Waals surface area contributed by atoms with Gasteiger partial charge in [0.15, 0.2) is 29.6 Å². The molecule has 0 spiro atoms. The molecule has 3 aliphatic rings. The monoisotopic (exact) mass is 919 g/mol. The van der Waals surface area contributed by atoms with E-state index in [4.69, 9.17) is 37.6 Å². The summed E-state index contributed by atoms with van der Waals surface area (Å²) in [5, 5.41) is 146. The molecule has 23 nitrogen and oxygen atoms in total. The van der Waals surface area contributed by atoms with Crippen molar-refractivity contribution < 1.29 is 114 Å². The number of carbonyl (C=O) groups excluding carboxylic acids is 1. The molecule has 1 aromatic heterocycles. The van der Waals surface area contributed by atoms with Gasteiger partial charge in [0.25, 0.3) is 0 Å². The van der Waals surface area contributed by atoms with E-state index in [1.54, 1.807) is 0 Å². The fourth-order valence-electron chi connectivity index (χ4n) is 7.28. The van der Waals surface area contributed by atoms with Crippen LogP contribution in [-0.2, 0) is 28.5 Å². The molecule has 0 unspecified atom stereocenters. The van der Waals surface area contributed by atoms with E-state index in [1.165, 1.54) is 37.3 Å². The highest BCUT2D eigenvalue weighted by Gasteiger charge is 2.50. The lowest BCUT2D eigenvalue weighted by Gasteiger charge is -2.42. The van der Waals surface area contributed by atoms with Gasteiger partial charge in [-0.15, -0.1) is 0 Å². The van der Waals surface area contributed by atoms with Crippen LogP contribution in [0.5, 0.6) is 40.2 Å². The summed E-state index contributed by atoms with van der Waals surface area (Å²) < 4.78 is 45.8. The summed E-state index contributed by atoms with van der Waals surface area (Å²) in [6.45, 7) is -0.0677. The third kappa shape index (κ3) is 9.97.